The third kappa shape index (κ3) is 2.92. The Hall–Kier alpha value is -2.27. The van der Waals surface area contributed by atoms with Gasteiger partial charge in [-0.25, -0.2) is 0 Å². The molecule has 1 aromatic carbocycles. The Balaban J connectivity index is 2.29. The van der Waals surface area contributed by atoms with Crippen LogP contribution in [0.3, 0.4) is 0 Å². The predicted octanol–water partition coefficient (Wildman–Crippen LogP) is 2.52. The first-order valence-corrected chi connectivity index (χ1v) is 6.76. The molecule has 2 aromatic rings. The van der Waals surface area contributed by atoms with Crippen LogP contribution in [0.15, 0.2) is 18.3 Å². The van der Waals surface area contributed by atoms with Gasteiger partial charge < -0.3 is 20.6 Å². The van der Waals surface area contributed by atoms with E-state index in [1.54, 1.807) is 13.1 Å². The number of aromatic nitrogens is 1. The number of phenols is 1. The Morgan fingerprint density at radius 3 is 2.48 bits per heavy atom. The van der Waals surface area contributed by atoms with Crippen LogP contribution in [0.25, 0.3) is 0 Å². The van der Waals surface area contributed by atoms with Gasteiger partial charge >= 0.3 is 0 Å². The van der Waals surface area contributed by atoms with Crippen LogP contribution in [0.2, 0.25) is 0 Å². The molecular formula is C16H20N2O3. The molecule has 0 aliphatic carbocycles. The second-order valence-corrected chi connectivity index (χ2v) is 5.11. The van der Waals surface area contributed by atoms with Crippen LogP contribution >= 0.6 is 0 Å². The lowest BCUT2D eigenvalue weighted by Crippen LogP contribution is -2.06. The molecule has 0 bridgehead atoms. The number of hydrogen-bond acceptors (Lipinski definition) is 5. The van der Waals surface area contributed by atoms with Gasteiger partial charge in [0.05, 0.1) is 12.3 Å². The normalized spacial score (nSPS) is 10.7. The highest BCUT2D eigenvalue weighted by Gasteiger charge is 2.12. The second-order valence-electron chi connectivity index (χ2n) is 5.11. The molecule has 1 heterocycles. The first-order chi connectivity index (χ1) is 9.95. The highest BCUT2D eigenvalue weighted by atomic mass is 16.3. The summed E-state index contributed by atoms with van der Waals surface area (Å²) >= 11 is 0. The SMILES string of the molecule is Cc1ccc(NCc2c(CO)cnc(C)c2O)c(C)c1O. The third-order valence-corrected chi connectivity index (χ3v) is 3.69. The van der Waals surface area contributed by atoms with E-state index < -0.39 is 0 Å². The molecule has 1 aromatic heterocycles. The quantitative estimate of drug-likeness (QED) is 0.694. The molecule has 0 aliphatic rings. The van der Waals surface area contributed by atoms with Gasteiger partial charge in [0.1, 0.15) is 11.5 Å². The van der Waals surface area contributed by atoms with E-state index in [1.807, 2.05) is 26.0 Å². The van der Waals surface area contributed by atoms with E-state index in [0.29, 0.717) is 23.4 Å². The Morgan fingerprint density at radius 2 is 1.81 bits per heavy atom. The molecule has 0 radical (unpaired) electrons. The minimum absolute atomic E-state index is 0.0861. The fraction of sp³-hybridized carbons (Fsp3) is 0.312. The lowest BCUT2D eigenvalue weighted by molar-refractivity contribution is 0.279. The molecule has 0 saturated carbocycles. The van der Waals surface area contributed by atoms with E-state index in [9.17, 15) is 15.3 Å². The molecule has 5 heteroatoms. The molecule has 112 valence electrons. The lowest BCUT2D eigenvalue weighted by atomic mass is 10.1. The van der Waals surface area contributed by atoms with E-state index in [1.165, 1.54) is 0 Å². The van der Waals surface area contributed by atoms with Crippen LogP contribution < -0.4 is 5.32 Å². The fourth-order valence-corrected chi connectivity index (χ4v) is 2.23. The molecular weight excluding hydrogens is 268 g/mol. The van der Waals surface area contributed by atoms with Gasteiger partial charge in [-0.05, 0) is 32.4 Å². The number of hydrogen-bond donors (Lipinski definition) is 4. The number of nitrogens with one attached hydrogen (secondary N) is 1. The molecule has 0 spiro atoms. The van der Waals surface area contributed by atoms with Crippen molar-refractivity contribution in [1.29, 1.82) is 0 Å². The number of aromatic hydroxyl groups is 2. The van der Waals surface area contributed by atoms with Gasteiger partial charge in [0.2, 0.25) is 0 Å². The van der Waals surface area contributed by atoms with E-state index in [4.69, 9.17) is 0 Å². The van der Waals surface area contributed by atoms with Crippen molar-refractivity contribution in [3.8, 4) is 11.5 Å². The summed E-state index contributed by atoms with van der Waals surface area (Å²) in [5, 5.41) is 32.6. The van der Waals surface area contributed by atoms with Crippen LogP contribution in [0.4, 0.5) is 5.69 Å². The summed E-state index contributed by atoms with van der Waals surface area (Å²) in [5.74, 6) is 0.348. The summed E-state index contributed by atoms with van der Waals surface area (Å²) < 4.78 is 0. The monoisotopic (exact) mass is 288 g/mol. The number of pyridine rings is 1. The van der Waals surface area contributed by atoms with Crippen LogP contribution in [0.1, 0.15) is 27.9 Å². The van der Waals surface area contributed by atoms with E-state index in [2.05, 4.69) is 10.3 Å². The van der Waals surface area contributed by atoms with Crippen LogP contribution in [0, 0.1) is 20.8 Å². The Morgan fingerprint density at radius 1 is 1.10 bits per heavy atom. The first-order valence-electron chi connectivity index (χ1n) is 6.76. The number of aliphatic hydroxyl groups excluding tert-OH is 1. The molecule has 21 heavy (non-hydrogen) atoms. The van der Waals surface area contributed by atoms with Crippen molar-refractivity contribution in [2.24, 2.45) is 0 Å². The van der Waals surface area contributed by atoms with Crippen LogP contribution in [-0.4, -0.2) is 20.3 Å². The summed E-state index contributed by atoms with van der Waals surface area (Å²) in [7, 11) is 0. The highest BCUT2D eigenvalue weighted by Crippen LogP contribution is 2.30. The maximum absolute atomic E-state index is 10.1. The molecule has 0 unspecified atom stereocenters. The maximum atomic E-state index is 10.1. The molecule has 0 amide bonds. The van der Waals surface area contributed by atoms with Gasteiger partial charge in [-0.3, -0.25) is 4.98 Å². The Kier molecular flexibility index (Phi) is 4.33. The number of phenolic OH excluding ortho intramolecular Hbond substituents is 1. The van der Waals surface area contributed by atoms with Gasteiger partial charge in [-0.1, -0.05) is 6.07 Å². The topological polar surface area (TPSA) is 85.6 Å². The number of nitrogens with zero attached hydrogens (tertiary/aromatic N) is 1. The summed E-state index contributed by atoms with van der Waals surface area (Å²) in [4.78, 5) is 4.03. The molecule has 0 atom stereocenters. The highest BCUT2D eigenvalue weighted by molar-refractivity contribution is 5.59. The largest absolute Gasteiger partial charge is 0.507 e. The number of benzene rings is 1. The van der Waals surface area contributed by atoms with Crippen molar-refractivity contribution in [1.82, 2.24) is 4.98 Å². The maximum Gasteiger partial charge on any atom is 0.142 e. The van der Waals surface area contributed by atoms with Crippen molar-refractivity contribution >= 4 is 5.69 Å². The van der Waals surface area contributed by atoms with E-state index in [0.717, 1.165) is 16.8 Å². The smallest absolute Gasteiger partial charge is 0.142 e. The second kappa shape index (κ2) is 6.01. The number of anilines is 1. The average Bonchev–Trinajstić information content (AvgIpc) is 2.48. The summed E-state index contributed by atoms with van der Waals surface area (Å²) in [6, 6.07) is 3.71. The summed E-state index contributed by atoms with van der Waals surface area (Å²) in [5.41, 5.74) is 4.08. The van der Waals surface area contributed by atoms with Gasteiger partial charge in [-0.15, -0.1) is 0 Å². The Labute approximate surface area is 123 Å². The molecule has 4 N–H and O–H groups in total. The van der Waals surface area contributed by atoms with E-state index >= 15 is 0 Å². The number of aliphatic hydroxyl groups is 1. The molecule has 0 saturated heterocycles. The van der Waals surface area contributed by atoms with Crippen molar-refractivity contribution in [2.75, 3.05) is 5.32 Å². The summed E-state index contributed by atoms with van der Waals surface area (Å²) in [6.07, 6.45) is 1.56. The van der Waals surface area contributed by atoms with Crippen molar-refractivity contribution in [3.05, 3.63) is 46.3 Å². The van der Waals surface area contributed by atoms with E-state index in [-0.39, 0.29) is 18.1 Å². The van der Waals surface area contributed by atoms with Crippen LogP contribution in [-0.2, 0) is 13.2 Å². The van der Waals surface area contributed by atoms with Crippen molar-refractivity contribution < 1.29 is 15.3 Å². The van der Waals surface area contributed by atoms with Gasteiger partial charge in [0.15, 0.2) is 0 Å². The van der Waals surface area contributed by atoms with Crippen LogP contribution in [0.5, 0.6) is 11.5 Å². The van der Waals surface area contributed by atoms with Crippen molar-refractivity contribution in [3.63, 3.8) is 0 Å². The van der Waals surface area contributed by atoms with Gasteiger partial charge in [0, 0.05) is 35.1 Å². The van der Waals surface area contributed by atoms with Gasteiger partial charge in [-0.2, -0.15) is 0 Å². The standard InChI is InChI=1S/C16H20N2O3/c1-9-4-5-14(10(2)15(9)20)18-7-13-12(8-19)6-17-11(3)16(13)21/h4-6,18-21H,7-8H2,1-3H3. The lowest BCUT2D eigenvalue weighted by Gasteiger charge is -2.15. The molecule has 5 nitrogen and oxygen atoms in total. The summed E-state index contributed by atoms with van der Waals surface area (Å²) in [6.45, 7) is 5.54. The zero-order chi connectivity index (χ0) is 15.6. The zero-order valence-electron chi connectivity index (χ0n) is 12.4. The number of aryl methyl sites for hydroxylation is 2. The third-order valence-electron chi connectivity index (χ3n) is 3.69. The fourth-order valence-electron chi connectivity index (χ4n) is 2.23. The minimum Gasteiger partial charge on any atom is -0.507 e. The van der Waals surface area contributed by atoms with Gasteiger partial charge in [0.25, 0.3) is 0 Å². The minimum atomic E-state index is -0.185. The average molecular weight is 288 g/mol. The Bertz CT molecular complexity index is 669. The zero-order valence-corrected chi connectivity index (χ0v) is 12.4. The predicted molar refractivity (Wildman–Crippen MR) is 81.5 cm³/mol. The van der Waals surface area contributed by atoms with Crippen molar-refractivity contribution in [2.45, 2.75) is 33.9 Å². The molecule has 2 rings (SSSR count). The number of rotatable bonds is 4. The molecule has 0 aliphatic heterocycles. The first kappa shape index (κ1) is 15.1. The molecule has 0 fully saturated rings.